The van der Waals surface area contributed by atoms with Crippen LogP contribution in [0.1, 0.15) is 80.8 Å². The molecule has 0 aliphatic rings. The lowest BCUT2D eigenvalue weighted by molar-refractivity contribution is 0.636. The van der Waals surface area contributed by atoms with Gasteiger partial charge in [-0.1, -0.05) is 76.4 Å². The molecule has 0 aliphatic carbocycles. The van der Waals surface area contributed by atoms with Crippen molar-refractivity contribution >= 4 is 5.84 Å². The predicted molar refractivity (Wildman–Crippen MR) is 136 cm³/mol. The van der Waals surface area contributed by atoms with Gasteiger partial charge in [0.1, 0.15) is 5.54 Å². The van der Waals surface area contributed by atoms with E-state index in [0.717, 1.165) is 35.1 Å². The van der Waals surface area contributed by atoms with Crippen molar-refractivity contribution in [2.75, 3.05) is 0 Å². The Morgan fingerprint density at radius 3 is 2.23 bits per heavy atom. The van der Waals surface area contributed by atoms with Crippen molar-refractivity contribution in [1.29, 1.82) is 0 Å². The Labute approximate surface area is 189 Å². The number of nitrogens with two attached hydrogens (primary N) is 1. The molecule has 0 aromatic heterocycles. The van der Waals surface area contributed by atoms with Crippen molar-refractivity contribution in [3.8, 4) is 11.8 Å². The van der Waals surface area contributed by atoms with E-state index in [9.17, 15) is 0 Å². The van der Waals surface area contributed by atoms with E-state index in [1.54, 1.807) is 0 Å². The Hall–Kier alpha value is -2.79. The van der Waals surface area contributed by atoms with E-state index in [4.69, 9.17) is 10.7 Å². The second kappa shape index (κ2) is 10.5. The minimum absolute atomic E-state index is 0.555. The second-order valence-electron chi connectivity index (χ2n) is 8.87. The average molecular weight is 415 g/mol. The molecule has 2 aromatic rings. The summed E-state index contributed by atoms with van der Waals surface area (Å²) in [4.78, 5) is 5.10. The van der Waals surface area contributed by atoms with E-state index < -0.39 is 5.54 Å². The fourth-order valence-corrected chi connectivity index (χ4v) is 3.79. The van der Waals surface area contributed by atoms with Crippen LogP contribution in [0.15, 0.2) is 53.5 Å². The van der Waals surface area contributed by atoms with Crippen LogP contribution in [0.3, 0.4) is 0 Å². The number of hydrogen-bond donors (Lipinski definition) is 1. The molecule has 2 heteroatoms. The fraction of sp³-hybridized carbons (Fsp3) is 0.414. The lowest BCUT2D eigenvalue weighted by atomic mass is 9.76. The zero-order chi connectivity index (χ0) is 23.2. The minimum Gasteiger partial charge on any atom is -0.387 e. The smallest absolute Gasteiger partial charge is 0.133 e. The number of benzene rings is 2. The van der Waals surface area contributed by atoms with Crippen LogP contribution >= 0.6 is 0 Å². The quantitative estimate of drug-likeness (QED) is 0.229. The summed E-state index contributed by atoms with van der Waals surface area (Å²) in [6.07, 6.45) is 2.54. The van der Waals surface area contributed by atoms with Crippen LogP contribution in [0.2, 0.25) is 0 Å². The SMILES string of the molecule is C=C(C)C(N=C(N)CC)(c1ccc(C)c(C#CCC(C)C)c1)c1ccc(C)c(CC)c1. The molecule has 0 heterocycles. The monoisotopic (exact) mass is 414 g/mol. The Kier molecular flexibility index (Phi) is 8.28. The maximum atomic E-state index is 6.33. The molecule has 31 heavy (non-hydrogen) atoms. The zero-order valence-electron chi connectivity index (χ0n) is 20.4. The highest BCUT2D eigenvalue weighted by atomic mass is 14.9. The van der Waals surface area contributed by atoms with Crippen LogP contribution in [-0.4, -0.2) is 5.84 Å². The van der Waals surface area contributed by atoms with Gasteiger partial charge in [-0.15, -0.1) is 0 Å². The van der Waals surface area contributed by atoms with Gasteiger partial charge in [0.15, 0.2) is 0 Å². The molecule has 1 atom stereocenters. The summed E-state index contributed by atoms with van der Waals surface area (Å²) in [6.45, 7) is 19.3. The Morgan fingerprint density at radius 1 is 1.06 bits per heavy atom. The Balaban J connectivity index is 2.83. The molecular weight excluding hydrogens is 376 g/mol. The van der Waals surface area contributed by atoms with E-state index in [2.05, 4.69) is 89.4 Å². The van der Waals surface area contributed by atoms with Crippen molar-refractivity contribution in [2.45, 2.75) is 73.3 Å². The molecule has 164 valence electrons. The molecule has 0 saturated carbocycles. The molecule has 0 amide bonds. The van der Waals surface area contributed by atoms with E-state index in [-0.39, 0.29) is 0 Å². The van der Waals surface area contributed by atoms with Crippen LogP contribution in [0.4, 0.5) is 0 Å². The van der Waals surface area contributed by atoms with Gasteiger partial charge in [0, 0.05) is 18.4 Å². The third-order valence-electron chi connectivity index (χ3n) is 5.83. The molecule has 0 fully saturated rings. The molecule has 2 nitrogen and oxygen atoms in total. The highest BCUT2D eigenvalue weighted by Gasteiger charge is 2.36. The largest absolute Gasteiger partial charge is 0.387 e. The summed E-state index contributed by atoms with van der Waals surface area (Å²) in [5.41, 5.74) is 13.5. The average Bonchev–Trinajstić information content (AvgIpc) is 2.73. The van der Waals surface area contributed by atoms with Crippen LogP contribution in [0, 0.1) is 31.6 Å². The first-order valence-electron chi connectivity index (χ1n) is 11.4. The van der Waals surface area contributed by atoms with Gasteiger partial charge in [0.2, 0.25) is 0 Å². The molecular formula is C29H38N2. The van der Waals surface area contributed by atoms with Gasteiger partial charge in [0.25, 0.3) is 0 Å². The van der Waals surface area contributed by atoms with E-state index in [1.165, 1.54) is 16.7 Å². The standard InChI is InChI=1S/C29H38N2/c1-9-24-18-26(16-14-22(24)7)29(21(5)6,31-28(30)10-2)27-17-15-23(8)25(19-27)13-11-12-20(3)4/h14-20H,5,9-10,12H2,1-4,6-8H3,(H2,30,31). The number of amidine groups is 1. The Bertz CT molecular complexity index is 1030. The molecule has 0 saturated heterocycles. The number of aryl methyl sites for hydroxylation is 3. The minimum atomic E-state index is -0.736. The van der Waals surface area contributed by atoms with Crippen molar-refractivity contribution in [3.63, 3.8) is 0 Å². The fourth-order valence-electron chi connectivity index (χ4n) is 3.79. The summed E-state index contributed by atoms with van der Waals surface area (Å²) in [6, 6.07) is 13.1. The first-order valence-corrected chi connectivity index (χ1v) is 11.4. The number of hydrogen-bond acceptors (Lipinski definition) is 1. The molecule has 2 aromatic carbocycles. The topological polar surface area (TPSA) is 38.4 Å². The lowest BCUT2D eigenvalue weighted by Gasteiger charge is -2.33. The first kappa shape index (κ1) is 24.5. The molecule has 0 radical (unpaired) electrons. The highest BCUT2D eigenvalue weighted by Crippen LogP contribution is 2.41. The van der Waals surface area contributed by atoms with Crippen molar-refractivity contribution in [1.82, 2.24) is 0 Å². The normalized spacial score (nSPS) is 13.5. The van der Waals surface area contributed by atoms with Crippen LogP contribution in [-0.2, 0) is 12.0 Å². The van der Waals surface area contributed by atoms with Gasteiger partial charge < -0.3 is 5.73 Å². The summed E-state index contributed by atoms with van der Waals surface area (Å²) in [5, 5.41) is 0. The lowest BCUT2D eigenvalue weighted by Crippen LogP contribution is -2.30. The molecule has 0 bridgehead atoms. The molecule has 0 aliphatic heterocycles. The first-order chi connectivity index (χ1) is 14.6. The molecule has 2 rings (SSSR count). The van der Waals surface area contributed by atoms with Crippen LogP contribution in [0.5, 0.6) is 0 Å². The van der Waals surface area contributed by atoms with Crippen molar-refractivity contribution < 1.29 is 0 Å². The van der Waals surface area contributed by atoms with Crippen LogP contribution < -0.4 is 5.73 Å². The summed E-state index contributed by atoms with van der Waals surface area (Å²) < 4.78 is 0. The van der Waals surface area contributed by atoms with Crippen molar-refractivity contribution in [2.24, 2.45) is 16.6 Å². The summed E-state index contributed by atoms with van der Waals surface area (Å²) in [5.74, 6) is 7.90. The third-order valence-corrected chi connectivity index (χ3v) is 5.83. The number of rotatable bonds is 7. The van der Waals surface area contributed by atoms with Gasteiger partial charge in [-0.3, -0.25) is 4.99 Å². The zero-order valence-corrected chi connectivity index (χ0v) is 20.4. The maximum absolute atomic E-state index is 6.33. The van der Waals surface area contributed by atoms with E-state index in [0.29, 0.717) is 18.2 Å². The maximum Gasteiger partial charge on any atom is 0.133 e. The van der Waals surface area contributed by atoms with Gasteiger partial charge in [0.05, 0.1) is 5.84 Å². The second-order valence-corrected chi connectivity index (χ2v) is 8.87. The van der Waals surface area contributed by atoms with Gasteiger partial charge >= 0.3 is 0 Å². The summed E-state index contributed by atoms with van der Waals surface area (Å²) >= 11 is 0. The predicted octanol–water partition coefficient (Wildman–Crippen LogP) is 6.85. The van der Waals surface area contributed by atoms with Crippen LogP contribution in [0.25, 0.3) is 0 Å². The Morgan fingerprint density at radius 2 is 1.68 bits per heavy atom. The number of aliphatic imine (C=N–C) groups is 1. The van der Waals surface area contributed by atoms with Gasteiger partial charge in [-0.2, -0.15) is 0 Å². The summed E-state index contributed by atoms with van der Waals surface area (Å²) in [7, 11) is 0. The number of nitrogens with zero attached hydrogens (tertiary/aromatic N) is 1. The van der Waals surface area contributed by atoms with E-state index >= 15 is 0 Å². The van der Waals surface area contributed by atoms with E-state index in [1.807, 2.05) is 13.8 Å². The molecule has 2 N–H and O–H groups in total. The molecule has 0 spiro atoms. The molecule has 1 unspecified atom stereocenters. The van der Waals surface area contributed by atoms with Gasteiger partial charge in [-0.25, -0.2) is 0 Å². The highest BCUT2D eigenvalue weighted by molar-refractivity contribution is 5.81. The van der Waals surface area contributed by atoms with Gasteiger partial charge in [-0.05, 0) is 72.6 Å². The van der Waals surface area contributed by atoms with Crippen molar-refractivity contribution in [3.05, 3.63) is 81.9 Å². The third kappa shape index (κ3) is 5.47.